The molecule has 88 valence electrons. The Morgan fingerprint density at radius 1 is 1.38 bits per heavy atom. The number of piperidine rings is 1. The van der Waals surface area contributed by atoms with Crippen LogP contribution in [0.25, 0.3) is 0 Å². The second-order valence-corrected chi connectivity index (χ2v) is 4.40. The van der Waals surface area contributed by atoms with Gasteiger partial charge in [-0.25, -0.2) is 9.97 Å². The molecule has 1 aromatic rings. The fourth-order valence-corrected chi connectivity index (χ4v) is 2.14. The van der Waals surface area contributed by atoms with Gasteiger partial charge in [0.05, 0.1) is 0 Å². The van der Waals surface area contributed by atoms with Crippen molar-refractivity contribution in [2.45, 2.75) is 32.7 Å². The van der Waals surface area contributed by atoms with Gasteiger partial charge in [-0.3, -0.25) is 0 Å². The lowest BCUT2D eigenvalue weighted by Gasteiger charge is -2.31. The zero-order valence-electron chi connectivity index (χ0n) is 10.1. The number of nitrogens with one attached hydrogen (secondary N) is 1. The first-order valence-corrected chi connectivity index (χ1v) is 6.05. The van der Waals surface area contributed by atoms with E-state index >= 15 is 0 Å². The zero-order valence-corrected chi connectivity index (χ0v) is 10.1. The summed E-state index contributed by atoms with van der Waals surface area (Å²) in [6.07, 6.45) is 4.03. The van der Waals surface area contributed by atoms with Crippen LogP contribution in [0.3, 0.4) is 0 Å². The lowest BCUT2D eigenvalue weighted by Crippen LogP contribution is -2.39. The minimum Gasteiger partial charge on any atom is -0.367 e. The van der Waals surface area contributed by atoms with E-state index in [0.717, 1.165) is 11.5 Å². The summed E-state index contributed by atoms with van der Waals surface area (Å²) in [6, 6.07) is 2.57. The molecule has 4 nitrogen and oxygen atoms in total. The van der Waals surface area contributed by atoms with Crippen molar-refractivity contribution in [1.29, 1.82) is 0 Å². The molecule has 1 aromatic heterocycles. The second kappa shape index (κ2) is 5.25. The second-order valence-electron chi connectivity index (χ2n) is 4.40. The quantitative estimate of drug-likeness (QED) is 0.841. The van der Waals surface area contributed by atoms with Crippen molar-refractivity contribution in [1.82, 2.24) is 14.9 Å². The fourth-order valence-electron chi connectivity index (χ4n) is 2.14. The molecule has 4 heteroatoms. The van der Waals surface area contributed by atoms with E-state index in [1.54, 1.807) is 6.33 Å². The van der Waals surface area contributed by atoms with Gasteiger partial charge in [-0.05, 0) is 26.3 Å². The largest absolute Gasteiger partial charge is 0.367 e. The number of anilines is 1. The van der Waals surface area contributed by atoms with Gasteiger partial charge in [-0.15, -0.1) is 0 Å². The molecule has 1 N–H and O–H groups in total. The lowest BCUT2D eigenvalue weighted by molar-refractivity contribution is 0.229. The van der Waals surface area contributed by atoms with E-state index in [4.69, 9.17) is 0 Å². The third kappa shape index (κ3) is 2.92. The van der Waals surface area contributed by atoms with E-state index < -0.39 is 0 Å². The highest BCUT2D eigenvalue weighted by molar-refractivity contribution is 5.35. The van der Waals surface area contributed by atoms with Gasteiger partial charge in [0.2, 0.25) is 0 Å². The normalized spacial score (nSPS) is 18.6. The van der Waals surface area contributed by atoms with Crippen molar-refractivity contribution in [2.75, 3.05) is 25.0 Å². The summed E-state index contributed by atoms with van der Waals surface area (Å²) in [6.45, 7) is 7.77. The van der Waals surface area contributed by atoms with Crippen LogP contribution >= 0.6 is 0 Å². The molecule has 1 fully saturated rings. The van der Waals surface area contributed by atoms with Crippen LogP contribution in [-0.2, 0) is 0 Å². The number of aryl methyl sites for hydroxylation is 1. The molecule has 0 amide bonds. The van der Waals surface area contributed by atoms with Crippen LogP contribution in [0, 0.1) is 6.92 Å². The van der Waals surface area contributed by atoms with Crippen molar-refractivity contribution in [3.63, 3.8) is 0 Å². The average molecular weight is 220 g/mol. The van der Waals surface area contributed by atoms with Gasteiger partial charge in [-0.2, -0.15) is 0 Å². The van der Waals surface area contributed by atoms with Crippen molar-refractivity contribution in [3.05, 3.63) is 18.1 Å². The van der Waals surface area contributed by atoms with E-state index in [9.17, 15) is 0 Å². The van der Waals surface area contributed by atoms with Crippen LogP contribution in [0.4, 0.5) is 5.82 Å². The molecule has 2 heterocycles. The summed E-state index contributed by atoms with van der Waals surface area (Å²) in [5.74, 6) is 0.961. The smallest absolute Gasteiger partial charge is 0.129 e. The molecule has 0 unspecified atom stereocenters. The summed E-state index contributed by atoms with van der Waals surface area (Å²) in [5, 5.41) is 3.49. The molecule has 16 heavy (non-hydrogen) atoms. The Hall–Kier alpha value is -1.16. The molecule has 1 aliphatic rings. The molecule has 0 aliphatic carbocycles. The molecule has 0 bridgehead atoms. The van der Waals surface area contributed by atoms with Crippen LogP contribution in [-0.4, -0.2) is 40.5 Å². The van der Waals surface area contributed by atoms with Crippen LogP contribution in [0.1, 0.15) is 25.5 Å². The summed E-state index contributed by atoms with van der Waals surface area (Å²) in [4.78, 5) is 10.8. The maximum atomic E-state index is 4.24. The Balaban J connectivity index is 1.87. The molecule has 0 radical (unpaired) electrons. The Bertz CT molecular complexity index is 332. The number of rotatable bonds is 3. The number of likely N-dealkylation sites (tertiary alicyclic amines) is 1. The van der Waals surface area contributed by atoms with Gasteiger partial charge in [0.25, 0.3) is 0 Å². The third-order valence-electron chi connectivity index (χ3n) is 3.19. The van der Waals surface area contributed by atoms with Crippen LogP contribution in [0.15, 0.2) is 12.4 Å². The van der Waals surface area contributed by atoms with E-state index in [2.05, 4.69) is 27.1 Å². The average Bonchev–Trinajstić information content (AvgIpc) is 2.30. The topological polar surface area (TPSA) is 41.0 Å². The summed E-state index contributed by atoms with van der Waals surface area (Å²) >= 11 is 0. The first kappa shape index (κ1) is 11.3. The highest BCUT2D eigenvalue weighted by atomic mass is 15.1. The van der Waals surface area contributed by atoms with Gasteiger partial charge in [0.1, 0.15) is 12.1 Å². The molecular weight excluding hydrogens is 200 g/mol. The van der Waals surface area contributed by atoms with Crippen molar-refractivity contribution < 1.29 is 0 Å². The Morgan fingerprint density at radius 3 is 2.75 bits per heavy atom. The monoisotopic (exact) mass is 220 g/mol. The van der Waals surface area contributed by atoms with Crippen LogP contribution in [0.2, 0.25) is 0 Å². The molecule has 0 spiro atoms. The number of hydrogen-bond acceptors (Lipinski definition) is 4. The predicted octanol–water partition coefficient (Wildman–Crippen LogP) is 1.68. The zero-order chi connectivity index (χ0) is 11.4. The van der Waals surface area contributed by atoms with Gasteiger partial charge in [-0.1, -0.05) is 6.92 Å². The van der Waals surface area contributed by atoms with E-state index in [1.165, 1.54) is 32.5 Å². The molecule has 2 rings (SSSR count). The van der Waals surface area contributed by atoms with Gasteiger partial charge in [0, 0.05) is 30.9 Å². The van der Waals surface area contributed by atoms with Crippen LogP contribution < -0.4 is 5.32 Å². The molecule has 0 aromatic carbocycles. The fraction of sp³-hybridized carbons (Fsp3) is 0.667. The molecular formula is C12H20N4. The molecule has 1 aliphatic heterocycles. The maximum absolute atomic E-state index is 4.24. The van der Waals surface area contributed by atoms with Crippen molar-refractivity contribution >= 4 is 5.82 Å². The predicted molar refractivity (Wildman–Crippen MR) is 65.5 cm³/mol. The molecule has 0 saturated carbocycles. The Kier molecular flexibility index (Phi) is 3.72. The van der Waals surface area contributed by atoms with Gasteiger partial charge in [0.15, 0.2) is 0 Å². The first-order chi connectivity index (χ1) is 7.78. The minimum atomic E-state index is 0.567. The number of aromatic nitrogens is 2. The Morgan fingerprint density at radius 2 is 2.12 bits per heavy atom. The van der Waals surface area contributed by atoms with E-state index in [1.807, 2.05) is 13.0 Å². The van der Waals surface area contributed by atoms with E-state index in [0.29, 0.717) is 6.04 Å². The van der Waals surface area contributed by atoms with E-state index in [-0.39, 0.29) is 0 Å². The summed E-state index contributed by atoms with van der Waals surface area (Å²) in [7, 11) is 0. The first-order valence-electron chi connectivity index (χ1n) is 6.05. The SMILES string of the molecule is CCN1CCC(Nc2cc(C)ncn2)CC1. The molecule has 1 saturated heterocycles. The molecule has 0 atom stereocenters. The number of nitrogens with zero attached hydrogens (tertiary/aromatic N) is 3. The van der Waals surface area contributed by atoms with Crippen LogP contribution in [0.5, 0.6) is 0 Å². The standard InChI is InChI=1S/C12H20N4/c1-3-16-6-4-11(5-7-16)15-12-8-10(2)13-9-14-12/h8-9,11H,3-7H2,1-2H3,(H,13,14,15). The highest BCUT2D eigenvalue weighted by Gasteiger charge is 2.17. The summed E-state index contributed by atoms with van der Waals surface area (Å²) in [5.41, 5.74) is 1.02. The van der Waals surface area contributed by atoms with Crippen molar-refractivity contribution in [3.8, 4) is 0 Å². The minimum absolute atomic E-state index is 0.567. The highest BCUT2D eigenvalue weighted by Crippen LogP contribution is 2.14. The van der Waals surface area contributed by atoms with Gasteiger partial charge < -0.3 is 10.2 Å². The van der Waals surface area contributed by atoms with Crippen molar-refractivity contribution in [2.24, 2.45) is 0 Å². The van der Waals surface area contributed by atoms with Gasteiger partial charge >= 0.3 is 0 Å². The maximum Gasteiger partial charge on any atom is 0.129 e. The number of hydrogen-bond donors (Lipinski definition) is 1. The third-order valence-corrected chi connectivity index (χ3v) is 3.19. The Labute approximate surface area is 97.1 Å². The lowest BCUT2D eigenvalue weighted by atomic mass is 10.1. The summed E-state index contributed by atoms with van der Waals surface area (Å²) < 4.78 is 0.